The summed E-state index contributed by atoms with van der Waals surface area (Å²) in [5.41, 5.74) is 0.820. The number of carbonyl (C=O) groups is 2. The Hall–Kier alpha value is -1.23. The molecule has 0 bridgehead atoms. The lowest BCUT2D eigenvalue weighted by molar-refractivity contribution is -0.164. The van der Waals surface area contributed by atoms with E-state index in [1.807, 2.05) is 25.8 Å². The van der Waals surface area contributed by atoms with Gasteiger partial charge in [0.15, 0.2) is 16.6 Å². The molecule has 0 saturated carbocycles. The molecular weight excluding hydrogens is 655 g/mol. The van der Waals surface area contributed by atoms with Crippen LogP contribution in [0.25, 0.3) is 0 Å². The van der Waals surface area contributed by atoms with E-state index in [1.165, 1.54) is 5.57 Å². The topological polar surface area (TPSA) is 65.1 Å². The number of fused-ring (bicyclic) bond motifs is 1. The van der Waals surface area contributed by atoms with Gasteiger partial charge in [0.2, 0.25) is 5.91 Å². The number of hydrogen-bond acceptors (Lipinski definition) is 5. The van der Waals surface area contributed by atoms with Crippen molar-refractivity contribution in [3.05, 3.63) is 23.8 Å². The highest BCUT2D eigenvalue weighted by Gasteiger charge is 2.45. The monoisotopic (exact) mass is 734 g/mol. The first-order valence-corrected chi connectivity index (χ1v) is 25.8. The van der Waals surface area contributed by atoms with Crippen LogP contribution in [-0.2, 0) is 23.2 Å². The highest BCUT2D eigenvalue weighted by molar-refractivity contribution is 6.74. The molecule has 6 nitrogen and oxygen atoms in total. The number of esters is 1. The third-order valence-electron chi connectivity index (χ3n) is 12.8. The van der Waals surface area contributed by atoms with E-state index in [0.29, 0.717) is 30.6 Å². The quantitative estimate of drug-likeness (QED) is 0.110. The molecule has 2 aliphatic carbocycles. The number of ether oxygens (including phenoxy) is 1. The summed E-state index contributed by atoms with van der Waals surface area (Å²) in [6, 6.07) is 0. The summed E-state index contributed by atoms with van der Waals surface area (Å²) in [7, 11) is -2.39. The molecule has 0 fully saturated rings. The van der Waals surface area contributed by atoms with Crippen LogP contribution in [0.4, 0.5) is 0 Å². The van der Waals surface area contributed by atoms with Gasteiger partial charge in [0, 0.05) is 25.6 Å². The standard InChI is InChI=1S/C42H79NO5Si2/c1-18-20-25-43(13)37(44)29-34(48-50(16,17)41(8,9)10)28-33(47-49(14,15)40(5,6)7)23-24-35-31(4)21-22-32-26-30(3)27-36(38(32)35)46-39(45)42(11,12)19-2/h21-22,26,30-31,33-36,38H,18-20,23-25,27-29H2,1-17H3/t30-,31-,33+,34+,35-,36-,38-/m0/s1. The predicted molar refractivity (Wildman–Crippen MR) is 216 cm³/mol. The smallest absolute Gasteiger partial charge is 0.311 e. The molecule has 0 heterocycles. The fraction of sp³-hybridized carbons (Fsp3) is 0.857. The molecule has 7 atom stereocenters. The maximum Gasteiger partial charge on any atom is 0.311 e. The van der Waals surface area contributed by atoms with Gasteiger partial charge in [0.25, 0.3) is 0 Å². The highest BCUT2D eigenvalue weighted by Crippen LogP contribution is 2.47. The summed E-state index contributed by atoms with van der Waals surface area (Å²) in [4.78, 5) is 29.0. The second-order valence-corrected chi connectivity index (χ2v) is 29.2. The van der Waals surface area contributed by atoms with Gasteiger partial charge < -0.3 is 18.5 Å². The Morgan fingerprint density at radius 1 is 0.920 bits per heavy atom. The summed E-state index contributed by atoms with van der Waals surface area (Å²) < 4.78 is 20.9. The number of nitrogens with zero attached hydrogens (tertiary/aromatic N) is 1. The molecule has 2 rings (SSSR count). The van der Waals surface area contributed by atoms with E-state index in [4.69, 9.17) is 13.6 Å². The Balaban J connectivity index is 2.49. The van der Waals surface area contributed by atoms with E-state index in [1.54, 1.807) is 0 Å². The van der Waals surface area contributed by atoms with Gasteiger partial charge in [-0.3, -0.25) is 9.59 Å². The molecule has 1 amide bonds. The molecule has 0 spiro atoms. The number of hydrogen-bond donors (Lipinski definition) is 0. The maximum absolute atomic E-state index is 13.6. The van der Waals surface area contributed by atoms with E-state index >= 15 is 0 Å². The summed E-state index contributed by atoms with van der Waals surface area (Å²) in [6.45, 7) is 36.6. The van der Waals surface area contributed by atoms with Crippen molar-refractivity contribution in [2.75, 3.05) is 13.6 Å². The third-order valence-corrected chi connectivity index (χ3v) is 21.9. The fourth-order valence-corrected chi connectivity index (χ4v) is 9.56. The van der Waals surface area contributed by atoms with Crippen LogP contribution in [0.5, 0.6) is 0 Å². The minimum absolute atomic E-state index is 0.0295. The number of carbonyl (C=O) groups excluding carboxylic acids is 2. The fourth-order valence-electron chi connectivity index (χ4n) is 6.79. The molecule has 0 aromatic heterocycles. The Kier molecular flexibility index (Phi) is 15.9. The third kappa shape index (κ3) is 12.2. The first-order valence-electron chi connectivity index (χ1n) is 20.0. The molecule has 0 aliphatic heterocycles. The largest absolute Gasteiger partial charge is 0.461 e. The van der Waals surface area contributed by atoms with E-state index in [-0.39, 0.29) is 46.2 Å². The van der Waals surface area contributed by atoms with Crippen molar-refractivity contribution < 1.29 is 23.2 Å². The van der Waals surface area contributed by atoms with Crippen molar-refractivity contribution in [1.29, 1.82) is 0 Å². The van der Waals surface area contributed by atoms with Gasteiger partial charge in [0.05, 0.1) is 17.9 Å². The number of rotatable bonds is 17. The van der Waals surface area contributed by atoms with Crippen molar-refractivity contribution in [3.63, 3.8) is 0 Å². The second kappa shape index (κ2) is 17.7. The Bertz CT molecular complexity index is 1180. The van der Waals surface area contributed by atoms with Crippen molar-refractivity contribution >= 4 is 28.5 Å². The molecule has 0 aromatic rings. The SMILES string of the molecule is CCCCN(C)C(=O)C[C@@H](C[C@@H](CC[C@@H]1[C@@H]2C(=C[C@H](C)C[C@@H]2OC(=O)C(C)(C)CC)C=C[C@@H]1C)O[Si](C)(C)C(C)(C)C)O[Si](C)(C)C(C)(C)C. The summed E-state index contributed by atoms with van der Waals surface area (Å²) in [5, 5.41) is 0.0839. The first kappa shape index (κ1) is 44.9. The van der Waals surface area contributed by atoms with Crippen molar-refractivity contribution in [1.82, 2.24) is 4.90 Å². The number of allylic oxidation sites excluding steroid dienone is 3. The molecule has 290 valence electrons. The van der Waals surface area contributed by atoms with Crippen LogP contribution in [-0.4, -0.2) is 65.3 Å². The zero-order valence-electron chi connectivity index (χ0n) is 35.6. The van der Waals surface area contributed by atoms with Gasteiger partial charge in [-0.2, -0.15) is 0 Å². The zero-order chi connectivity index (χ0) is 38.5. The minimum atomic E-state index is -2.18. The van der Waals surface area contributed by atoms with Crippen LogP contribution in [0.3, 0.4) is 0 Å². The Morgan fingerprint density at radius 3 is 2.00 bits per heavy atom. The van der Waals surface area contributed by atoms with Gasteiger partial charge in [0.1, 0.15) is 6.10 Å². The molecule has 0 N–H and O–H groups in total. The molecule has 2 aliphatic rings. The minimum Gasteiger partial charge on any atom is -0.461 e. The van der Waals surface area contributed by atoms with Gasteiger partial charge in [-0.15, -0.1) is 0 Å². The van der Waals surface area contributed by atoms with Gasteiger partial charge >= 0.3 is 5.97 Å². The first-order chi connectivity index (χ1) is 22.8. The molecular formula is C42H79NO5Si2. The molecule has 50 heavy (non-hydrogen) atoms. The summed E-state index contributed by atoms with van der Waals surface area (Å²) in [6.07, 6.45) is 13.3. The Morgan fingerprint density at radius 2 is 1.48 bits per heavy atom. The molecule has 0 aromatic carbocycles. The number of unbranched alkanes of at least 4 members (excludes halogenated alkanes) is 1. The normalized spacial score (nSPS) is 24.7. The van der Waals surface area contributed by atoms with Crippen LogP contribution < -0.4 is 0 Å². The van der Waals surface area contributed by atoms with Crippen molar-refractivity contribution in [3.8, 4) is 0 Å². The van der Waals surface area contributed by atoms with Gasteiger partial charge in [-0.1, -0.05) is 93.9 Å². The van der Waals surface area contributed by atoms with Gasteiger partial charge in [-0.05, 0) is 112 Å². The Labute approximate surface area is 311 Å². The van der Waals surface area contributed by atoms with Crippen LogP contribution in [0.15, 0.2) is 23.8 Å². The van der Waals surface area contributed by atoms with Crippen LogP contribution in [0.1, 0.15) is 134 Å². The van der Waals surface area contributed by atoms with E-state index in [9.17, 15) is 9.59 Å². The molecule has 8 heteroatoms. The van der Waals surface area contributed by atoms with Crippen LogP contribution in [0, 0.1) is 29.1 Å². The van der Waals surface area contributed by atoms with E-state index in [0.717, 1.165) is 45.1 Å². The average Bonchev–Trinajstić information content (AvgIpc) is 2.97. The number of amides is 1. The lowest BCUT2D eigenvalue weighted by Gasteiger charge is -2.45. The predicted octanol–water partition coefficient (Wildman–Crippen LogP) is 11.3. The highest BCUT2D eigenvalue weighted by atomic mass is 28.4. The van der Waals surface area contributed by atoms with Crippen molar-refractivity contribution in [2.45, 2.75) is 189 Å². The molecule has 0 saturated heterocycles. The lowest BCUT2D eigenvalue weighted by Crippen LogP contribution is -2.48. The van der Waals surface area contributed by atoms with E-state index in [2.05, 4.69) is 114 Å². The lowest BCUT2D eigenvalue weighted by atomic mass is 9.65. The van der Waals surface area contributed by atoms with Gasteiger partial charge in [-0.25, -0.2) is 0 Å². The van der Waals surface area contributed by atoms with Crippen molar-refractivity contribution in [2.24, 2.45) is 29.1 Å². The maximum atomic E-state index is 13.6. The van der Waals surface area contributed by atoms with Crippen LogP contribution in [0.2, 0.25) is 36.3 Å². The average molecular weight is 734 g/mol. The van der Waals surface area contributed by atoms with E-state index < -0.39 is 22.0 Å². The van der Waals surface area contributed by atoms with Crippen LogP contribution >= 0.6 is 0 Å². The second-order valence-electron chi connectivity index (χ2n) is 19.7. The molecule has 0 radical (unpaired) electrons. The zero-order valence-corrected chi connectivity index (χ0v) is 37.6. The summed E-state index contributed by atoms with van der Waals surface area (Å²) >= 11 is 0. The summed E-state index contributed by atoms with van der Waals surface area (Å²) in [5.74, 6) is 1.28. The molecule has 0 unspecified atom stereocenters.